The van der Waals surface area contributed by atoms with Crippen molar-refractivity contribution < 1.29 is 4.79 Å². The largest absolute Gasteiger partial charge is 0.348 e. The molecule has 1 amide bonds. The molecule has 1 N–H and O–H groups in total. The minimum Gasteiger partial charge on any atom is -0.348 e. The first-order chi connectivity index (χ1) is 12.2. The summed E-state index contributed by atoms with van der Waals surface area (Å²) in [7, 11) is 0. The van der Waals surface area contributed by atoms with Gasteiger partial charge in [0.05, 0.1) is 0 Å². The molecule has 4 rings (SSSR count). The van der Waals surface area contributed by atoms with Crippen LogP contribution in [0.3, 0.4) is 0 Å². The number of nitrogens with zero attached hydrogens (tertiary/aromatic N) is 3. The lowest BCUT2D eigenvalue weighted by Crippen LogP contribution is -2.39. The lowest BCUT2D eigenvalue weighted by atomic mass is 10.2. The Balaban J connectivity index is 1.41. The number of benzene rings is 1. The molecule has 1 aliphatic rings. The van der Waals surface area contributed by atoms with Gasteiger partial charge in [0.1, 0.15) is 5.56 Å². The molecule has 1 saturated heterocycles. The first kappa shape index (κ1) is 16.0. The average molecular weight is 354 g/mol. The van der Waals surface area contributed by atoms with E-state index in [1.165, 1.54) is 27.5 Å². The molecule has 1 fully saturated rings. The third-order valence-corrected chi connectivity index (χ3v) is 5.21. The van der Waals surface area contributed by atoms with Crippen molar-refractivity contribution in [3.8, 4) is 0 Å². The van der Waals surface area contributed by atoms with Crippen molar-refractivity contribution in [1.82, 2.24) is 19.6 Å². The van der Waals surface area contributed by atoms with Crippen LogP contribution < -0.4 is 10.9 Å². The molecule has 0 radical (unpaired) electrons. The zero-order chi connectivity index (χ0) is 17.2. The minimum absolute atomic E-state index is 0.0544. The van der Waals surface area contributed by atoms with Crippen LogP contribution in [0.5, 0.6) is 0 Å². The molecule has 3 heterocycles. The maximum atomic E-state index is 12.5. The topological polar surface area (TPSA) is 66.7 Å². The van der Waals surface area contributed by atoms with Crippen LogP contribution in [0.2, 0.25) is 0 Å². The van der Waals surface area contributed by atoms with Crippen LogP contribution in [-0.4, -0.2) is 39.3 Å². The predicted molar refractivity (Wildman–Crippen MR) is 96.9 cm³/mol. The Bertz CT molecular complexity index is 950. The lowest BCUT2D eigenvalue weighted by Gasteiger charge is -2.16. The second kappa shape index (κ2) is 6.78. The van der Waals surface area contributed by atoms with Crippen molar-refractivity contribution in [3.05, 3.63) is 69.6 Å². The number of carbonyl (C=O) groups is 1. The highest BCUT2D eigenvalue weighted by atomic mass is 32.1. The molecule has 0 spiro atoms. The molecular formula is C18H18N4O2S. The summed E-state index contributed by atoms with van der Waals surface area (Å²) in [6.45, 7) is 2.59. The first-order valence-corrected chi connectivity index (χ1v) is 9.11. The Morgan fingerprint density at radius 3 is 3.00 bits per heavy atom. The Morgan fingerprint density at radius 1 is 1.32 bits per heavy atom. The third kappa shape index (κ3) is 3.33. The Kier molecular flexibility index (Phi) is 4.33. The number of likely N-dealkylation sites (tertiary alicyclic amines) is 1. The van der Waals surface area contributed by atoms with Crippen molar-refractivity contribution in [1.29, 1.82) is 0 Å². The Labute approximate surface area is 148 Å². The van der Waals surface area contributed by atoms with Gasteiger partial charge in [-0.15, -0.1) is 11.3 Å². The number of nitrogens with one attached hydrogen (secondary N) is 1. The molecule has 25 heavy (non-hydrogen) atoms. The summed E-state index contributed by atoms with van der Waals surface area (Å²) in [6.07, 6.45) is 3.90. The highest BCUT2D eigenvalue weighted by molar-refractivity contribution is 7.15. The second-order valence-corrected chi connectivity index (χ2v) is 7.09. The van der Waals surface area contributed by atoms with Gasteiger partial charge in [0.2, 0.25) is 0 Å². The van der Waals surface area contributed by atoms with Gasteiger partial charge in [-0.1, -0.05) is 30.3 Å². The van der Waals surface area contributed by atoms with E-state index in [2.05, 4.69) is 27.3 Å². The van der Waals surface area contributed by atoms with Gasteiger partial charge in [0, 0.05) is 43.4 Å². The fourth-order valence-corrected chi connectivity index (χ4v) is 3.85. The standard InChI is InChI=1S/C18H18N4O2S/c23-16(15-10-19-18-22(17(15)24)8-9-25-18)20-14-6-7-21(12-14)11-13-4-2-1-3-5-13/h1-5,8-10,14H,6-7,11-12H2,(H,20,23)/t14-/m0/s1. The molecule has 6 nitrogen and oxygen atoms in total. The van der Waals surface area contributed by atoms with Crippen molar-refractivity contribution in [3.63, 3.8) is 0 Å². The summed E-state index contributed by atoms with van der Waals surface area (Å²) in [5.41, 5.74) is 1.04. The summed E-state index contributed by atoms with van der Waals surface area (Å²) in [5.74, 6) is -0.343. The zero-order valence-electron chi connectivity index (χ0n) is 13.6. The van der Waals surface area contributed by atoms with Gasteiger partial charge < -0.3 is 5.32 Å². The molecule has 3 aromatic rings. The van der Waals surface area contributed by atoms with Crippen molar-refractivity contribution in [2.75, 3.05) is 13.1 Å². The highest BCUT2D eigenvalue weighted by Crippen LogP contribution is 2.14. The van der Waals surface area contributed by atoms with E-state index in [0.29, 0.717) is 4.96 Å². The number of aromatic nitrogens is 2. The summed E-state index contributed by atoms with van der Waals surface area (Å²) in [4.78, 5) is 31.9. The van der Waals surface area contributed by atoms with Gasteiger partial charge in [-0.2, -0.15) is 0 Å². The monoisotopic (exact) mass is 354 g/mol. The van der Waals surface area contributed by atoms with E-state index in [9.17, 15) is 9.59 Å². The average Bonchev–Trinajstić information content (AvgIpc) is 3.26. The Hall–Kier alpha value is -2.51. The van der Waals surface area contributed by atoms with E-state index >= 15 is 0 Å². The van der Waals surface area contributed by atoms with Crippen LogP contribution in [0.1, 0.15) is 22.3 Å². The number of hydrogen-bond donors (Lipinski definition) is 1. The second-order valence-electron chi connectivity index (χ2n) is 6.21. The number of hydrogen-bond acceptors (Lipinski definition) is 5. The molecule has 0 saturated carbocycles. The smallest absolute Gasteiger partial charge is 0.271 e. The molecule has 128 valence electrons. The minimum atomic E-state index is -0.343. The molecule has 7 heteroatoms. The van der Waals surface area contributed by atoms with E-state index in [0.717, 1.165) is 26.1 Å². The van der Waals surface area contributed by atoms with E-state index in [1.54, 1.807) is 11.6 Å². The normalized spacial score (nSPS) is 17.8. The molecule has 2 aromatic heterocycles. The number of fused-ring (bicyclic) bond motifs is 1. The Morgan fingerprint density at radius 2 is 2.16 bits per heavy atom. The van der Waals surface area contributed by atoms with Crippen LogP contribution in [0, 0.1) is 0 Å². The number of thiazole rings is 1. The first-order valence-electron chi connectivity index (χ1n) is 8.23. The van der Waals surface area contributed by atoms with Gasteiger partial charge in [-0.05, 0) is 12.0 Å². The van der Waals surface area contributed by atoms with Gasteiger partial charge in [-0.25, -0.2) is 4.98 Å². The summed E-state index contributed by atoms with van der Waals surface area (Å²) >= 11 is 1.37. The fourth-order valence-electron chi connectivity index (χ4n) is 3.18. The SMILES string of the molecule is O=C(N[C@H]1CCN(Cc2ccccc2)C1)c1cnc2sccn2c1=O. The number of carbonyl (C=O) groups excluding carboxylic acids is 1. The summed E-state index contributed by atoms with van der Waals surface area (Å²) in [6, 6.07) is 10.3. The fraction of sp³-hybridized carbons (Fsp3) is 0.278. The number of rotatable bonds is 4. The van der Waals surface area contributed by atoms with E-state index in [4.69, 9.17) is 0 Å². The molecule has 0 bridgehead atoms. The molecule has 1 aliphatic heterocycles. The van der Waals surface area contributed by atoms with Gasteiger partial charge in [-0.3, -0.25) is 18.9 Å². The number of amides is 1. The van der Waals surface area contributed by atoms with E-state index in [-0.39, 0.29) is 23.1 Å². The maximum Gasteiger partial charge on any atom is 0.271 e. The van der Waals surface area contributed by atoms with Gasteiger partial charge >= 0.3 is 0 Å². The van der Waals surface area contributed by atoms with Crippen LogP contribution in [0.4, 0.5) is 0 Å². The van der Waals surface area contributed by atoms with Crippen molar-refractivity contribution in [2.45, 2.75) is 19.0 Å². The summed E-state index contributed by atoms with van der Waals surface area (Å²) < 4.78 is 1.41. The molecular weight excluding hydrogens is 336 g/mol. The molecule has 0 unspecified atom stereocenters. The third-order valence-electron chi connectivity index (χ3n) is 4.44. The quantitative estimate of drug-likeness (QED) is 0.775. The van der Waals surface area contributed by atoms with E-state index < -0.39 is 0 Å². The van der Waals surface area contributed by atoms with Crippen LogP contribution in [-0.2, 0) is 6.54 Å². The van der Waals surface area contributed by atoms with Crippen molar-refractivity contribution in [2.24, 2.45) is 0 Å². The van der Waals surface area contributed by atoms with Gasteiger partial charge in [0.15, 0.2) is 4.96 Å². The highest BCUT2D eigenvalue weighted by Gasteiger charge is 2.25. The van der Waals surface area contributed by atoms with Crippen LogP contribution in [0.25, 0.3) is 4.96 Å². The summed E-state index contributed by atoms with van der Waals surface area (Å²) in [5, 5.41) is 4.76. The van der Waals surface area contributed by atoms with E-state index in [1.807, 2.05) is 18.2 Å². The lowest BCUT2D eigenvalue weighted by molar-refractivity contribution is 0.0935. The molecule has 0 aliphatic carbocycles. The van der Waals surface area contributed by atoms with Crippen molar-refractivity contribution >= 4 is 22.2 Å². The molecule has 1 aromatic carbocycles. The predicted octanol–water partition coefficient (Wildman–Crippen LogP) is 1.76. The zero-order valence-corrected chi connectivity index (χ0v) is 14.4. The maximum absolute atomic E-state index is 12.5. The van der Waals surface area contributed by atoms with Gasteiger partial charge in [0.25, 0.3) is 11.5 Å². The van der Waals surface area contributed by atoms with Crippen LogP contribution in [0.15, 0.2) is 52.9 Å². The van der Waals surface area contributed by atoms with Crippen LogP contribution >= 0.6 is 11.3 Å². The molecule has 1 atom stereocenters.